The number of aromatic hydroxyl groups is 1. The average molecular weight is 304 g/mol. The number of hydrogen-bond acceptors (Lipinski definition) is 4. The number of phenolic OH excluding ortho intramolecular Hbond substituents is 1. The molecule has 1 unspecified atom stereocenters. The van der Waals surface area contributed by atoms with Crippen LogP contribution in [0.15, 0.2) is 12.1 Å². The van der Waals surface area contributed by atoms with E-state index in [1.54, 1.807) is 6.07 Å². The predicted molar refractivity (Wildman–Crippen MR) is 68.0 cm³/mol. The third-order valence-electron chi connectivity index (χ3n) is 2.19. The van der Waals surface area contributed by atoms with Crippen molar-refractivity contribution in [3.05, 3.63) is 27.8 Å². The topological polar surface area (TPSA) is 72.6 Å². The molecule has 0 aliphatic carbocycles. The molecule has 0 aliphatic heterocycles. The van der Waals surface area contributed by atoms with Crippen LogP contribution in [-0.4, -0.2) is 21.5 Å². The Hall–Kier alpha value is -1.30. The fourth-order valence-electron chi connectivity index (χ4n) is 1.31. The summed E-state index contributed by atoms with van der Waals surface area (Å²) in [6.07, 6.45) is 0.640. The molecule has 1 N–H and O–H groups in total. The van der Waals surface area contributed by atoms with Gasteiger partial charge in [0.25, 0.3) is 0 Å². The van der Waals surface area contributed by atoms with Crippen LogP contribution in [0.1, 0.15) is 19.4 Å². The summed E-state index contributed by atoms with van der Waals surface area (Å²) in [5.74, 6) is -0.261. The summed E-state index contributed by atoms with van der Waals surface area (Å²) in [4.78, 5) is 10.3. The molecule has 0 heterocycles. The number of benzene rings is 1. The maximum atomic E-state index is 10.8. The molecule has 94 valence electrons. The van der Waals surface area contributed by atoms with Gasteiger partial charge in [0.05, 0.1) is 4.92 Å². The first kappa shape index (κ1) is 13.8. The van der Waals surface area contributed by atoms with Gasteiger partial charge in [-0.15, -0.1) is 0 Å². The molecule has 0 fully saturated rings. The van der Waals surface area contributed by atoms with E-state index in [1.165, 1.54) is 6.07 Å². The minimum Gasteiger partial charge on any atom is -0.500 e. The van der Waals surface area contributed by atoms with Crippen molar-refractivity contribution in [3.63, 3.8) is 0 Å². The van der Waals surface area contributed by atoms with Crippen LogP contribution in [-0.2, 0) is 6.42 Å². The summed E-state index contributed by atoms with van der Waals surface area (Å²) in [5, 5.41) is 20.5. The van der Waals surface area contributed by atoms with E-state index in [-0.39, 0.29) is 16.3 Å². The van der Waals surface area contributed by atoms with Crippen molar-refractivity contribution in [2.24, 2.45) is 0 Å². The highest BCUT2D eigenvalue weighted by Gasteiger charge is 2.20. The number of aryl methyl sites for hydroxylation is 1. The van der Waals surface area contributed by atoms with Crippen LogP contribution < -0.4 is 4.74 Å². The molecule has 0 radical (unpaired) electrons. The molecule has 1 atom stereocenters. The third kappa shape index (κ3) is 3.59. The van der Waals surface area contributed by atoms with Gasteiger partial charge in [0.15, 0.2) is 5.75 Å². The molecule has 5 nitrogen and oxygen atoms in total. The maximum Gasteiger partial charge on any atom is 0.314 e. The van der Waals surface area contributed by atoms with Crippen molar-refractivity contribution in [1.29, 1.82) is 0 Å². The number of nitro benzene ring substituents is 1. The van der Waals surface area contributed by atoms with Gasteiger partial charge in [-0.05, 0) is 25.0 Å². The lowest BCUT2D eigenvalue weighted by Gasteiger charge is -2.10. The Morgan fingerprint density at radius 2 is 2.24 bits per heavy atom. The molecule has 0 amide bonds. The Balaban J connectivity index is 3.10. The van der Waals surface area contributed by atoms with E-state index < -0.39 is 10.7 Å². The number of phenols is 1. The highest BCUT2D eigenvalue weighted by Crippen LogP contribution is 2.37. The van der Waals surface area contributed by atoms with E-state index in [0.717, 1.165) is 5.56 Å². The lowest BCUT2D eigenvalue weighted by Crippen LogP contribution is -2.07. The summed E-state index contributed by atoms with van der Waals surface area (Å²) in [6, 6.07) is 2.98. The van der Waals surface area contributed by atoms with Gasteiger partial charge in [0, 0.05) is 10.9 Å². The fourth-order valence-corrected chi connectivity index (χ4v) is 1.44. The van der Waals surface area contributed by atoms with E-state index in [1.807, 2.05) is 13.8 Å². The van der Waals surface area contributed by atoms with Gasteiger partial charge in [-0.3, -0.25) is 10.1 Å². The Bertz CT molecular complexity index is 420. The minimum atomic E-state index is -0.612. The first-order chi connectivity index (χ1) is 7.95. The van der Waals surface area contributed by atoms with Gasteiger partial charge in [0.2, 0.25) is 5.75 Å². The van der Waals surface area contributed by atoms with Crippen molar-refractivity contribution in [1.82, 2.24) is 0 Å². The van der Waals surface area contributed by atoms with Crippen LogP contribution >= 0.6 is 15.9 Å². The molecule has 0 bridgehead atoms. The standard InChI is InChI=1S/C11H14BrNO4/c1-3-8-4-9(13(15)16)11(14)10(5-8)17-6-7(2)12/h4-5,7,14H,3,6H2,1-2H3. The summed E-state index contributed by atoms with van der Waals surface area (Å²) in [6.45, 7) is 4.10. The molecule has 0 saturated carbocycles. The third-order valence-corrected chi connectivity index (χ3v) is 2.45. The minimum absolute atomic E-state index is 0.103. The Morgan fingerprint density at radius 3 is 2.71 bits per heavy atom. The maximum absolute atomic E-state index is 10.8. The first-order valence-electron chi connectivity index (χ1n) is 5.22. The number of ether oxygens (including phenoxy) is 1. The smallest absolute Gasteiger partial charge is 0.314 e. The molecule has 0 saturated heterocycles. The van der Waals surface area contributed by atoms with Crippen LogP contribution in [0.5, 0.6) is 11.5 Å². The van der Waals surface area contributed by atoms with Crippen molar-refractivity contribution in [3.8, 4) is 11.5 Å². The van der Waals surface area contributed by atoms with Crippen molar-refractivity contribution in [2.45, 2.75) is 25.1 Å². The predicted octanol–water partition coefficient (Wildman–Crippen LogP) is 3.03. The van der Waals surface area contributed by atoms with E-state index in [2.05, 4.69) is 15.9 Å². The lowest BCUT2D eigenvalue weighted by molar-refractivity contribution is -0.386. The summed E-state index contributed by atoms with van der Waals surface area (Å²) < 4.78 is 5.33. The second-order valence-corrected chi connectivity index (χ2v) is 5.23. The molecular formula is C11H14BrNO4. The number of alkyl halides is 1. The number of halogens is 1. The Labute approximate surface area is 108 Å². The zero-order chi connectivity index (χ0) is 13.0. The van der Waals surface area contributed by atoms with Gasteiger partial charge >= 0.3 is 5.69 Å². The Kier molecular flexibility index (Phi) is 4.74. The Morgan fingerprint density at radius 1 is 1.59 bits per heavy atom. The number of hydrogen-bond donors (Lipinski definition) is 1. The molecular weight excluding hydrogens is 290 g/mol. The second-order valence-electron chi connectivity index (χ2n) is 3.66. The van der Waals surface area contributed by atoms with Crippen LogP contribution in [0.4, 0.5) is 5.69 Å². The molecule has 1 rings (SSSR count). The SMILES string of the molecule is CCc1cc(OCC(C)Br)c(O)c([N+](=O)[O-])c1. The zero-order valence-electron chi connectivity index (χ0n) is 9.64. The van der Waals surface area contributed by atoms with E-state index in [9.17, 15) is 15.2 Å². The monoisotopic (exact) mass is 303 g/mol. The second kappa shape index (κ2) is 5.86. The lowest BCUT2D eigenvalue weighted by atomic mass is 10.1. The average Bonchev–Trinajstić information content (AvgIpc) is 2.27. The molecule has 0 aromatic heterocycles. The largest absolute Gasteiger partial charge is 0.500 e. The molecule has 0 aliphatic rings. The van der Waals surface area contributed by atoms with E-state index in [0.29, 0.717) is 13.0 Å². The van der Waals surface area contributed by atoms with Gasteiger partial charge in [-0.1, -0.05) is 22.9 Å². The first-order valence-corrected chi connectivity index (χ1v) is 6.14. The van der Waals surface area contributed by atoms with Crippen molar-refractivity contribution in [2.75, 3.05) is 6.61 Å². The normalized spacial score (nSPS) is 12.2. The number of nitrogens with zero attached hydrogens (tertiary/aromatic N) is 1. The van der Waals surface area contributed by atoms with Gasteiger partial charge in [-0.2, -0.15) is 0 Å². The molecule has 17 heavy (non-hydrogen) atoms. The molecule has 0 spiro atoms. The van der Waals surface area contributed by atoms with Crippen LogP contribution in [0.3, 0.4) is 0 Å². The summed E-state index contributed by atoms with van der Waals surface area (Å²) in [7, 11) is 0. The van der Waals surface area contributed by atoms with Crippen molar-refractivity contribution >= 4 is 21.6 Å². The van der Waals surface area contributed by atoms with Gasteiger partial charge in [0.1, 0.15) is 6.61 Å². The van der Waals surface area contributed by atoms with Gasteiger partial charge in [-0.25, -0.2) is 0 Å². The molecule has 1 aromatic rings. The van der Waals surface area contributed by atoms with Gasteiger partial charge < -0.3 is 9.84 Å². The fraction of sp³-hybridized carbons (Fsp3) is 0.455. The van der Waals surface area contributed by atoms with Crippen LogP contribution in [0.25, 0.3) is 0 Å². The quantitative estimate of drug-likeness (QED) is 0.515. The molecule has 6 heteroatoms. The summed E-state index contributed by atoms with van der Waals surface area (Å²) >= 11 is 3.30. The number of nitro groups is 1. The van der Waals surface area contributed by atoms with E-state index in [4.69, 9.17) is 4.74 Å². The molecule has 1 aromatic carbocycles. The highest BCUT2D eigenvalue weighted by atomic mass is 79.9. The van der Waals surface area contributed by atoms with Crippen LogP contribution in [0, 0.1) is 10.1 Å². The summed E-state index contributed by atoms with van der Waals surface area (Å²) in [5.41, 5.74) is 0.438. The highest BCUT2D eigenvalue weighted by molar-refractivity contribution is 9.09. The van der Waals surface area contributed by atoms with E-state index >= 15 is 0 Å². The number of rotatable bonds is 5. The van der Waals surface area contributed by atoms with Crippen LogP contribution in [0.2, 0.25) is 0 Å². The van der Waals surface area contributed by atoms with Crippen molar-refractivity contribution < 1.29 is 14.8 Å². The zero-order valence-corrected chi connectivity index (χ0v) is 11.2.